The van der Waals surface area contributed by atoms with Crippen LogP contribution in [0.25, 0.3) is 10.6 Å². The summed E-state index contributed by atoms with van der Waals surface area (Å²) in [4.78, 5) is 17.6. The summed E-state index contributed by atoms with van der Waals surface area (Å²) in [5.41, 5.74) is 9.49. The van der Waals surface area contributed by atoms with E-state index in [1.165, 1.54) is 23.0 Å². The number of hydrogen-bond donors (Lipinski definition) is 1. The zero-order valence-corrected chi connectivity index (χ0v) is 16.7. The van der Waals surface area contributed by atoms with Crippen molar-refractivity contribution in [2.75, 3.05) is 13.1 Å². The van der Waals surface area contributed by atoms with E-state index < -0.39 is 0 Å². The van der Waals surface area contributed by atoms with Crippen molar-refractivity contribution in [3.8, 4) is 10.6 Å². The Balaban J connectivity index is 0.00000225. The van der Waals surface area contributed by atoms with Gasteiger partial charge in [-0.15, -0.1) is 23.7 Å². The zero-order chi connectivity index (χ0) is 18.8. The van der Waals surface area contributed by atoms with Crippen LogP contribution >= 0.6 is 23.7 Å². The lowest BCUT2D eigenvalue weighted by molar-refractivity contribution is -0.384. The molecule has 28 heavy (non-hydrogen) atoms. The normalized spacial score (nSPS) is 19.3. The molecule has 146 valence electrons. The SMILES string of the molecule is Cl.N[C@@H]1CN(Cc2csc(-c3cccc([N+](=O)[O-])c3)n2)C[C@H]1c1ccccc1. The number of hydrogen-bond acceptors (Lipinski definition) is 6. The van der Waals surface area contributed by atoms with E-state index in [4.69, 9.17) is 5.73 Å². The van der Waals surface area contributed by atoms with Crippen LogP contribution in [0.15, 0.2) is 60.0 Å². The molecule has 0 amide bonds. The quantitative estimate of drug-likeness (QED) is 0.500. The van der Waals surface area contributed by atoms with Crippen LogP contribution in [-0.2, 0) is 6.54 Å². The van der Waals surface area contributed by atoms with Crippen molar-refractivity contribution in [2.24, 2.45) is 5.73 Å². The first-order chi connectivity index (χ1) is 13.1. The van der Waals surface area contributed by atoms with E-state index in [0.717, 1.165) is 35.9 Å². The van der Waals surface area contributed by atoms with Gasteiger partial charge in [0.2, 0.25) is 0 Å². The lowest BCUT2D eigenvalue weighted by atomic mass is 9.95. The van der Waals surface area contributed by atoms with Crippen molar-refractivity contribution in [1.29, 1.82) is 0 Å². The molecule has 0 saturated carbocycles. The van der Waals surface area contributed by atoms with Gasteiger partial charge in [-0.3, -0.25) is 15.0 Å². The Kier molecular flexibility index (Phi) is 6.41. The summed E-state index contributed by atoms with van der Waals surface area (Å²) in [6.45, 7) is 2.49. The van der Waals surface area contributed by atoms with E-state index >= 15 is 0 Å². The monoisotopic (exact) mass is 416 g/mol. The maximum absolute atomic E-state index is 11.0. The van der Waals surface area contributed by atoms with Crippen molar-refractivity contribution < 1.29 is 4.92 Å². The maximum Gasteiger partial charge on any atom is 0.270 e. The molecule has 8 heteroatoms. The number of benzene rings is 2. The summed E-state index contributed by atoms with van der Waals surface area (Å²) in [6, 6.07) is 17.1. The van der Waals surface area contributed by atoms with Crippen LogP contribution in [0.4, 0.5) is 5.69 Å². The van der Waals surface area contributed by atoms with Gasteiger partial charge in [-0.05, 0) is 5.56 Å². The van der Waals surface area contributed by atoms with Crippen molar-refractivity contribution in [3.05, 3.63) is 81.3 Å². The minimum absolute atomic E-state index is 0. The van der Waals surface area contributed by atoms with Gasteiger partial charge < -0.3 is 5.73 Å². The lowest BCUT2D eigenvalue weighted by Crippen LogP contribution is -2.28. The van der Waals surface area contributed by atoms with Crippen LogP contribution in [0.5, 0.6) is 0 Å². The van der Waals surface area contributed by atoms with E-state index in [-0.39, 0.29) is 29.1 Å². The Bertz CT molecular complexity index is 950. The molecule has 4 rings (SSSR count). The number of likely N-dealkylation sites (tertiary alicyclic amines) is 1. The number of aromatic nitrogens is 1. The molecule has 3 aromatic rings. The van der Waals surface area contributed by atoms with Crippen molar-refractivity contribution >= 4 is 29.4 Å². The van der Waals surface area contributed by atoms with E-state index in [1.54, 1.807) is 12.1 Å². The molecule has 0 aliphatic carbocycles. The number of rotatable bonds is 5. The van der Waals surface area contributed by atoms with Crippen molar-refractivity contribution in [2.45, 2.75) is 18.5 Å². The van der Waals surface area contributed by atoms with Gasteiger partial charge in [0, 0.05) is 54.7 Å². The topological polar surface area (TPSA) is 85.3 Å². The van der Waals surface area contributed by atoms with E-state index in [2.05, 4.69) is 34.1 Å². The molecule has 1 fully saturated rings. The summed E-state index contributed by atoms with van der Waals surface area (Å²) >= 11 is 1.51. The molecule has 1 aliphatic heterocycles. The number of thiazole rings is 1. The highest BCUT2D eigenvalue weighted by Gasteiger charge is 2.31. The van der Waals surface area contributed by atoms with Gasteiger partial charge in [0.15, 0.2) is 0 Å². The first-order valence-corrected chi connectivity index (χ1v) is 9.70. The fraction of sp³-hybridized carbons (Fsp3) is 0.250. The molecule has 2 atom stereocenters. The number of non-ortho nitro benzene ring substituents is 1. The molecule has 6 nitrogen and oxygen atoms in total. The van der Waals surface area contributed by atoms with Crippen LogP contribution in [0.2, 0.25) is 0 Å². The fourth-order valence-corrected chi connectivity index (χ4v) is 4.40. The number of nitrogens with zero attached hydrogens (tertiary/aromatic N) is 3. The van der Waals surface area contributed by atoms with Gasteiger partial charge in [0.1, 0.15) is 5.01 Å². The van der Waals surface area contributed by atoms with E-state index in [1.807, 2.05) is 17.5 Å². The highest BCUT2D eigenvalue weighted by molar-refractivity contribution is 7.13. The first kappa shape index (κ1) is 20.4. The molecular weight excluding hydrogens is 396 g/mol. The van der Waals surface area contributed by atoms with Gasteiger partial charge in [0.05, 0.1) is 10.6 Å². The third-order valence-electron chi connectivity index (χ3n) is 4.91. The second kappa shape index (κ2) is 8.79. The third kappa shape index (κ3) is 4.39. The number of nitro benzene ring substituents is 1. The smallest absolute Gasteiger partial charge is 0.270 e. The Morgan fingerprint density at radius 3 is 2.71 bits per heavy atom. The lowest BCUT2D eigenvalue weighted by Gasteiger charge is -2.15. The highest BCUT2D eigenvalue weighted by atomic mass is 35.5. The van der Waals surface area contributed by atoms with Crippen LogP contribution in [-0.4, -0.2) is 33.9 Å². The van der Waals surface area contributed by atoms with Crippen LogP contribution < -0.4 is 5.73 Å². The molecular formula is C20H21ClN4O2S. The highest BCUT2D eigenvalue weighted by Crippen LogP contribution is 2.30. The number of nitrogens with two attached hydrogens (primary N) is 1. The molecule has 2 aromatic carbocycles. The molecule has 2 heterocycles. The van der Waals surface area contributed by atoms with Crippen LogP contribution in [0.3, 0.4) is 0 Å². The molecule has 0 spiro atoms. The third-order valence-corrected chi connectivity index (χ3v) is 5.85. The zero-order valence-electron chi connectivity index (χ0n) is 15.1. The van der Waals surface area contributed by atoms with Gasteiger partial charge in [0.25, 0.3) is 5.69 Å². The Morgan fingerprint density at radius 1 is 1.18 bits per heavy atom. The minimum Gasteiger partial charge on any atom is -0.326 e. The molecule has 2 N–H and O–H groups in total. The standard InChI is InChI=1S/C20H20N4O2S.ClH/c21-19-12-23(11-18(19)14-5-2-1-3-6-14)10-16-13-27-20(22-16)15-7-4-8-17(9-15)24(25)26;/h1-9,13,18-19H,10-12,21H2;1H/t18-,19+;/m0./s1. The molecule has 1 aliphatic rings. The van der Waals surface area contributed by atoms with E-state index in [0.29, 0.717) is 5.92 Å². The average Bonchev–Trinajstić information content (AvgIpc) is 3.29. The molecule has 0 bridgehead atoms. The molecule has 1 aromatic heterocycles. The summed E-state index contributed by atoms with van der Waals surface area (Å²) in [6.07, 6.45) is 0. The Labute approximate surface area is 173 Å². The summed E-state index contributed by atoms with van der Waals surface area (Å²) in [5.74, 6) is 0.334. The number of nitro groups is 1. The van der Waals surface area contributed by atoms with Gasteiger partial charge >= 0.3 is 0 Å². The largest absolute Gasteiger partial charge is 0.326 e. The summed E-state index contributed by atoms with van der Waals surface area (Å²) in [7, 11) is 0. The summed E-state index contributed by atoms with van der Waals surface area (Å²) < 4.78 is 0. The van der Waals surface area contributed by atoms with Gasteiger partial charge in [-0.1, -0.05) is 42.5 Å². The fourth-order valence-electron chi connectivity index (χ4n) is 3.59. The molecule has 0 radical (unpaired) electrons. The average molecular weight is 417 g/mol. The van der Waals surface area contributed by atoms with Crippen molar-refractivity contribution in [1.82, 2.24) is 9.88 Å². The first-order valence-electron chi connectivity index (χ1n) is 8.82. The molecule has 0 unspecified atom stereocenters. The summed E-state index contributed by atoms with van der Waals surface area (Å²) in [5, 5.41) is 13.8. The van der Waals surface area contributed by atoms with Gasteiger partial charge in [-0.25, -0.2) is 4.98 Å². The second-order valence-corrected chi connectivity index (χ2v) is 7.68. The predicted octanol–water partition coefficient (Wildman–Crippen LogP) is 4.07. The second-order valence-electron chi connectivity index (χ2n) is 6.83. The van der Waals surface area contributed by atoms with Crippen LogP contribution in [0, 0.1) is 10.1 Å². The Hall–Kier alpha value is -2.32. The Morgan fingerprint density at radius 2 is 1.96 bits per heavy atom. The predicted molar refractivity (Wildman–Crippen MR) is 114 cm³/mol. The van der Waals surface area contributed by atoms with Crippen molar-refractivity contribution in [3.63, 3.8) is 0 Å². The van der Waals surface area contributed by atoms with Gasteiger partial charge in [-0.2, -0.15) is 0 Å². The molecule has 1 saturated heterocycles. The van der Waals surface area contributed by atoms with E-state index in [9.17, 15) is 10.1 Å². The number of halogens is 1. The van der Waals surface area contributed by atoms with Crippen LogP contribution in [0.1, 0.15) is 17.2 Å². The maximum atomic E-state index is 11.0. The minimum atomic E-state index is -0.382.